The number of benzene rings is 1. The van der Waals surface area contributed by atoms with Crippen LogP contribution in [0.2, 0.25) is 0 Å². The van der Waals surface area contributed by atoms with Gasteiger partial charge in [-0.1, -0.05) is 19.9 Å². The molecule has 194 valence electrons. The van der Waals surface area contributed by atoms with Crippen molar-refractivity contribution in [3.63, 3.8) is 0 Å². The van der Waals surface area contributed by atoms with Crippen molar-refractivity contribution < 1.29 is 34.2 Å². The van der Waals surface area contributed by atoms with E-state index in [0.29, 0.717) is 12.1 Å². The van der Waals surface area contributed by atoms with E-state index in [2.05, 4.69) is 0 Å². The number of phenols is 1. The Morgan fingerprint density at radius 1 is 1.08 bits per heavy atom. The van der Waals surface area contributed by atoms with Crippen LogP contribution in [0.15, 0.2) is 12.1 Å². The molecule has 0 aliphatic heterocycles. The molecule has 6 atom stereocenters. The third-order valence-electron chi connectivity index (χ3n) is 8.45. The number of rotatable bonds is 4. The van der Waals surface area contributed by atoms with Gasteiger partial charge in [0.15, 0.2) is 34.7 Å². The van der Waals surface area contributed by atoms with Crippen LogP contribution in [0.3, 0.4) is 0 Å². The van der Waals surface area contributed by atoms with Crippen LogP contribution in [0.5, 0.6) is 5.75 Å². The average molecular weight is 500 g/mol. The van der Waals surface area contributed by atoms with E-state index in [1.165, 1.54) is 17.9 Å². The number of nitrogens with zero attached hydrogens (tertiary/aromatic N) is 2. The molecule has 10 heteroatoms. The van der Waals surface area contributed by atoms with E-state index in [1.807, 2.05) is 19.0 Å². The second-order valence-electron chi connectivity index (χ2n) is 11.6. The molecular weight excluding hydrogens is 466 g/mol. The molecule has 2 fully saturated rings. The summed E-state index contributed by atoms with van der Waals surface area (Å²) in [4.78, 5) is 70.4. The zero-order valence-electron chi connectivity index (χ0n) is 21.4. The van der Waals surface area contributed by atoms with E-state index in [0.717, 1.165) is 5.56 Å². The topological polar surface area (TPSA) is 158 Å². The molecule has 2 unspecified atom stereocenters. The van der Waals surface area contributed by atoms with Gasteiger partial charge < -0.3 is 20.8 Å². The lowest BCUT2D eigenvalue weighted by Gasteiger charge is -2.61. The third-order valence-corrected chi connectivity index (χ3v) is 8.45. The number of Topliss-reactive ketones (excluding diaryl/α,β-unsaturated/α-hetero) is 4. The van der Waals surface area contributed by atoms with Crippen LogP contribution in [0.1, 0.15) is 41.8 Å². The Balaban J connectivity index is 1.97. The van der Waals surface area contributed by atoms with Crippen molar-refractivity contribution in [1.29, 1.82) is 0 Å². The van der Waals surface area contributed by atoms with E-state index >= 15 is 0 Å². The Bertz CT molecular complexity index is 1220. The van der Waals surface area contributed by atoms with Gasteiger partial charge in [-0.15, -0.1) is 0 Å². The summed E-state index contributed by atoms with van der Waals surface area (Å²) >= 11 is 0. The highest BCUT2D eigenvalue weighted by Crippen LogP contribution is 2.61. The van der Waals surface area contributed by atoms with Gasteiger partial charge in [-0.2, -0.15) is 0 Å². The summed E-state index contributed by atoms with van der Waals surface area (Å²) < 4.78 is 0. The molecule has 0 heterocycles. The minimum Gasteiger partial charge on any atom is -0.507 e. The maximum Gasteiger partial charge on any atom is 0.235 e. The zero-order chi connectivity index (χ0) is 27.1. The first-order chi connectivity index (χ1) is 16.5. The number of carbonyl (C=O) groups excluding carboxylic acids is 5. The maximum absolute atomic E-state index is 14.1. The van der Waals surface area contributed by atoms with Crippen molar-refractivity contribution in [2.75, 3.05) is 28.2 Å². The second kappa shape index (κ2) is 8.03. The van der Waals surface area contributed by atoms with Gasteiger partial charge in [0.05, 0.1) is 17.5 Å². The van der Waals surface area contributed by atoms with Crippen molar-refractivity contribution in [3.8, 4) is 5.75 Å². The highest BCUT2D eigenvalue weighted by Gasteiger charge is 2.76. The summed E-state index contributed by atoms with van der Waals surface area (Å²) in [6.45, 7) is 3.73. The summed E-state index contributed by atoms with van der Waals surface area (Å²) in [5.41, 5.74) is 1.33. The van der Waals surface area contributed by atoms with E-state index in [9.17, 15) is 34.2 Å². The Morgan fingerprint density at radius 3 is 2.22 bits per heavy atom. The Hall–Kier alpha value is -2.95. The standard InChI is InChI=1S/C26H33N3O7/c1-24-9-13-12(10-28(3)4)7-8-14(30)15(13)18(31)17(24)22(34)26(36)21(33)16(23(27)35)19(32)20(29(5)6)25(26,2)11-24/h7-8,16-17,20,30,36H,9-11H2,1-6H3,(H2,27,35)/t16?,17?,20-,24+,25+,26-/m1/s1. The van der Waals surface area contributed by atoms with Crippen LogP contribution in [-0.2, 0) is 32.1 Å². The quantitative estimate of drug-likeness (QED) is 0.473. The van der Waals surface area contributed by atoms with Gasteiger partial charge in [-0.05, 0) is 63.6 Å². The zero-order valence-corrected chi connectivity index (χ0v) is 21.4. The summed E-state index contributed by atoms with van der Waals surface area (Å²) in [5, 5.41) is 22.5. The van der Waals surface area contributed by atoms with Gasteiger partial charge in [0.2, 0.25) is 5.91 Å². The van der Waals surface area contributed by atoms with Crippen LogP contribution >= 0.6 is 0 Å². The number of hydrogen-bond donors (Lipinski definition) is 3. The number of aliphatic hydroxyl groups is 1. The molecule has 2 saturated carbocycles. The van der Waals surface area contributed by atoms with E-state index < -0.39 is 63.3 Å². The molecule has 10 nitrogen and oxygen atoms in total. The largest absolute Gasteiger partial charge is 0.507 e. The van der Waals surface area contributed by atoms with Gasteiger partial charge in [0, 0.05) is 12.0 Å². The molecule has 1 amide bonds. The molecule has 3 aliphatic carbocycles. The van der Waals surface area contributed by atoms with Crippen LogP contribution in [0.25, 0.3) is 0 Å². The Kier molecular flexibility index (Phi) is 5.82. The fourth-order valence-electron chi connectivity index (χ4n) is 7.27. The molecule has 0 radical (unpaired) electrons. The first-order valence-corrected chi connectivity index (χ1v) is 11.9. The van der Waals surface area contributed by atoms with Crippen molar-refractivity contribution in [1.82, 2.24) is 9.80 Å². The molecule has 4 N–H and O–H groups in total. The highest BCUT2D eigenvalue weighted by atomic mass is 16.3. The molecule has 0 spiro atoms. The van der Waals surface area contributed by atoms with Gasteiger partial charge in [0.1, 0.15) is 5.75 Å². The minimum atomic E-state index is -2.79. The molecule has 0 saturated heterocycles. The number of hydrogen-bond acceptors (Lipinski definition) is 9. The predicted octanol–water partition coefficient (Wildman–Crippen LogP) is -0.291. The summed E-state index contributed by atoms with van der Waals surface area (Å²) in [5.74, 6) is -8.77. The van der Waals surface area contributed by atoms with Gasteiger partial charge in [-0.25, -0.2) is 0 Å². The lowest BCUT2D eigenvalue weighted by molar-refractivity contribution is -0.203. The van der Waals surface area contributed by atoms with Crippen LogP contribution in [0.4, 0.5) is 0 Å². The lowest BCUT2D eigenvalue weighted by Crippen LogP contribution is -2.79. The first-order valence-electron chi connectivity index (χ1n) is 11.9. The Morgan fingerprint density at radius 2 is 1.69 bits per heavy atom. The number of amides is 1. The average Bonchev–Trinajstić information content (AvgIpc) is 2.72. The predicted molar refractivity (Wildman–Crippen MR) is 128 cm³/mol. The second-order valence-corrected chi connectivity index (χ2v) is 11.6. The van der Waals surface area contributed by atoms with Crippen LogP contribution in [0, 0.1) is 22.7 Å². The smallest absolute Gasteiger partial charge is 0.235 e. The molecule has 1 aromatic rings. The van der Waals surface area contributed by atoms with Crippen molar-refractivity contribution in [3.05, 3.63) is 28.8 Å². The molecular formula is C26H33N3O7. The highest BCUT2D eigenvalue weighted by molar-refractivity contribution is 6.33. The monoisotopic (exact) mass is 499 g/mol. The maximum atomic E-state index is 14.1. The van der Waals surface area contributed by atoms with Crippen molar-refractivity contribution in [2.24, 2.45) is 28.4 Å². The normalized spacial score (nSPS) is 36.1. The molecule has 0 aromatic heterocycles. The van der Waals surface area contributed by atoms with E-state index in [4.69, 9.17) is 5.73 Å². The number of aromatic hydroxyl groups is 1. The van der Waals surface area contributed by atoms with Gasteiger partial charge in [0.25, 0.3) is 0 Å². The van der Waals surface area contributed by atoms with E-state index in [1.54, 1.807) is 27.1 Å². The van der Waals surface area contributed by atoms with Crippen molar-refractivity contribution in [2.45, 2.75) is 44.9 Å². The number of nitrogens with two attached hydrogens (primary N) is 1. The number of phenolic OH excluding ortho intramolecular Hbond substituents is 1. The fourth-order valence-corrected chi connectivity index (χ4v) is 7.27. The summed E-state index contributed by atoms with van der Waals surface area (Å²) in [7, 11) is 6.87. The Labute approximate surface area is 209 Å². The SMILES string of the molecule is CN(C)Cc1ccc(O)c2c1C[C@@]1(C)C[C@@]3(C)[C@H](N(C)C)C(=O)C(C(N)=O)C(=O)[C@@]3(O)C(=O)C1C2=O. The fraction of sp³-hybridized carbons (Fsp3) is 0.577. The molecule has 36 heavy (non-hydrogen) atoms. The van der Waals surface area contributed by atoms with Gasteiger partial charge in [-0.3, -0.25) is 28.9 Å². The first kappa shape index (κ1) is 26.1. The number of fused-ring (bicyclic) bond motifs is 3. The van der Waals surface area contributed by atoms with Gasteiger partial charge >= 0.3 is 0 Å². The lowest BCUT2D eigenvalue weighted by atomic mass is 9.42. The summed E-state index contributed by atoms with van der Waals surface area (Å²) in [6, 6.07) is 1.96. The number of likely N-dealkylation sites (N-methyl/N-ethyl adjacent to an activating group) is 1. The summed E-state index contributed by atoms with van der Waals surface area (Å²) in [6.07, 6.45) is 0.191. The minimum absolute atomic E-state index is 0.00678. The van der Waals surface area contributed by atoms with Crippen LogP contribution < -0.4 is 5.73 Å². The van der Waals surface area contributed by atoms with Crippen LogP contribution in [-0.4, -0.2) is 88.9 Å². The molecule has 0 bridgehead atoms. The number of ketones is 4. The molecule has 1 aromatic carbocycles. The molecule has 4 rings (SSSR count). The van der Waals surface area contributed by atoms with E-state index in [-0.39, 0.29) is 24.2 Å². The third kappa shape index (κ3) is 3.17. The number of primary amides is 1. The van der Waals surface area contributed by atoms with Crippen molar-refractivity contribution >= 4 is 29.0 Å². The number of carbonyl (C=O) groups is 5. The molecule has 3 aliphatic rings.